The predicted octanol–water partition coefficient (Wildman–Crippen LogP) is 3.81. The fourth-order valence-electron chi connectivity index (χ4n) is 2.36. The Morgan fingerprint density at radius 1 is 1.14 bits per heavy atom. The molecule has 1 heteroatoms. The van der Waals surface area contributed by atoms with Crippen molar-refractivity contribution in [2.45, 2.75) is 60.4 Å². The van der Waals surface area contributed by atoms with Gasteiger partial charge in [0.2, 0.25) is 0 Å². The molecule has 1 heterocycles. The summed E-state index contributed by atoms with van der Waals surface area (Å²) in [5, 5.41) is 0. The van der Waals surface area contributed by atoms with Gasteiger partial charge in [-0.2, -0.15) is 0 Å². The van der Waals surface area contributed by atoms with Crippen LogP contribution in [0.1, 0.15) is 54.4 Å². The lowest BCUT2D eigenvalue weighted by molar-refractivity contribution is 0.174. The molecule has 0 aromatic carbocycles. The molecule has 14 heavy (non-hydrogen) atoms. The third-order valence-corrected chi connectivity index (χ3v) is 3.41. The van der Waals surface area contributed by atoms with Crippen molar-refractivity contribution >= 4 is 0 Å². The Morgan fingerprint density at radius 3 is 2.14 bits per heavy atom. The van der Waals surface area contributed by atoms with Gasteiger partial charge in [0, 0.05) is 18.3 Å². The van der Waals surface area contributed by atoms with E-state index < -0.39 is 0 Å². The van der Waals surface area contributed by atoms with Gasteiger partial charge in [-0.3, -0.25) is 0 Å². The van der Waals surface area contributed by atoms with Crippen LogP contribution in [0.25, 0.3) is 0 Å². The van der Waals surface area contributed by atoms with Crippen LogP contribution in [0.4, 0.5) is 0 Å². The van der Waals surface area contributed by atoms with Gasteiger partial charge in [0.25, 0.3) is 0 Å². The molecule has 1 rings (SSSR count). The Bertz CT molecular complexity index is 228. The van der Waals surface area contributed by atoms with Gasteiger partial charge in [0.15, 0.2) is 0 Å². The fourth-order valence-corrected chi connectivity index (χ4v) is 2.36. The van der Waals surface area contributed by atoms with Gasteiger partial charge >= 0.3 is 0 Å². The smallest absolute Gasteiger partial charge is 0.0335 e. The SMILES string of the molecule is CC(C)=C(C)N1CCCC1C(C)(C)C. The van der Waals surface area contributed by atoms with Crippen molar-refractivity contribution in [1.29, 1.82) is 0 Å². The third-order valence-electron chi connectivity index (χ3n) is 3.41. The highest BCUT2D eigenvalue weighted by atomic mass is 15.2. The van der Waals surface area contributed by atoms with Gasteiger partial charge in [-0.15, -0.1) is 0 Å². The third kappa shape index (κ3) is 2.31. The largest absolute Gasteiger partial charge is 0.372 e. The zero-order chi connectivity index (χ0) is 10.9. The summed E-state index contributed by atoms with van der Waals surface area (Å²) in [6.07, 6.45) is 2.71. The van der Waals surface area contributed by atoms with E-state index in [1.807, 2.05) is 0 Å². The van der Waals surface area contributed by atoms with E-state index in [2.05, 4.69) is 46.4 Å². The van der Waals surface area contributed by atoms with E-state index >= 15 is 0 Å². The van der Waals surface area contributed by atoms with Crippen LogP contribution in [0.3, 0.4) is 0 Å². The molecular formula is C13H25N. The monoisotopic (exact) mass is 195 g/mol. The highest BCUT2D eigenvalue weighted by Crippen LogP contribution is 2.35. The quantitative estimate of drug-likeness (QED) is 0.615. The number of allylic oxidation sites excluding steroid dienone is 2. The number of rotatable bonds is 1. The molecule has 0 aromatic rings. The maximum absolute atomic E-state index is 2.61. The molecule has 0 bridgehead atoms. The summed E-state index contributed by atoms with van der Waals surface area (Å²) in [7, 11) is 0. The lowest BCUT2D eigenvalue weighted by Gasteiger charge is -2.37. The number of nitrogens with zero attached hydrogens (tertiary/aromatic N) is 1. The Kier molecular flexibility index (Phi) is 3.28. The molecule has 1 fully saturated rings. The lowest BCUT2D eigenvalue weighted by atomic mass is 9.85. The molecule has 0 aromatic heterocycles. The second-order valence-electron chi connectivity index (χ2n) is 5.80. The molecule has 1 unspecified atom stereocenters. The number of hydrogen-bond acceptors (Lipinski definition) is 1. The van der Waals surface area contributed by atoms with Crippen molar-refractivity contribution in [3.8, 4) is 0 Å². The van der Waals surface area contributed by atoms with Crippen LogP contribution in [-0.4, -0.2) is 17.5 Å². The van der Waals surface area contributed by atoms with E-state index in [9.17, 15) is 0 Å². The molecular weight excluding hydrogens is 170 g/mol. The lowest BCUT2D eigenvalue weighted by Crippen LogP contribution is -2.38. The van der Waals surface area contributed by atoms with Crippen molar-refractivity contribution in [2.75, 3.05) is 6.54 Å². The molecule has 1 atom stereocenters. The first-order valence-electron chi connectivity index (χ1n) is 5.74. The summed E-state index contributed by atoms with van der Waals surface area (Å²) in [5.41, 5.74) is 3.36. The summed E-state index contributed by atoms with van der Waals surface area (Å²) >= 11 is 0. The average Bonchev–Trinajstić information content (AvgIpc) is 2.48. The van der Waals surface area contributed by atoms with Crippen LogP contribution in [0.15, 0.2) is 11.3 Å². The van der Waals surface area contributed by atoms with Crippen LogP contribution in [-0.2, 0) is 0 Å². The molecule has 1 aliphatic heterocycles. The molecule has 0 spiro atoms. The highest BCUT2D eigenvalue weighted by molar-refractivity contribution is 5.10. The van der Waals surface area contributed by atoms with Crippen molar-refractivity contribution in [3.63, 3.8) is 0 Å². The van der Waals surface area contributed by atoms with Crippen molar-refractivity contribution in [2.24, 2.45) is 5.41 Å². The number of hydrogen-bond donors (Lipinski definition) is 0. The van der Waals surface area contributed by atoms with Gasteiger partial charge in [-0.05, 0) is 39.0 Å². The molecule has 1 saturated heterocycles. The first-order valence-corrected chi connectivity index (χ1v) is 5.74. The van der Waals surface area contributed by atoms with Gasteiger partial charge in [-0.1, -0.05) is 26.3 Å². The molecule has 0 saturated carbocycles. The maximum atomic E-state index is 2.61. The van der Waals surface area contributed by atoms with E-state index in [0.29, 0.717) is 5.41 Å². The molecule has 0 aliphatic carbocycles. The van der Waals surface area contributed by atoms with Crippen molar-refractivity contribution in [3.05, 3.63) is 11.3 Å². The molecule has 82 valence electrons. The summed E-state index contributed by atoms with van der Waals surface area (Å²) in [4.78, 5) is 2.61. The van der Waals surface area contributed by atoms with Crippen LogP contribution in [0.2, 0.25) is 0 Å². The molecule has 0 radical (unpaired) electrons. The topological polar surface area (TPSA) is 3.24 Å². The summed E-state index contributed by atoms with van der Waals surface area (Å²) in [5.74, 6) is 0. The average molecular weight is 195 g/mol. The van der Waals surface area contributed by atoms with E-state index in [0.717, 1.165) is 6.04 Å². The van der Waals surface area contributed by atoms with E-state index in [4.69, 9.17) is 0 Å². The first kappa shape index (κ1) is 11.6. The van der Waals surface area contributed by atoms with Gasteiger partial charge in [-0.25, -0.2) is 0 Å². The summed E-state index contributed by atoms with van der Waals surface area (Å²) < 4.78 is 0. The standard InChI is InChI=1S/C13H25N/c1-10(2)11(3)14-9-7-8-12(14)13(4,5)6/h12H,7-9H2,1-6H3. The Balaban J connectivity index is 2.85. The van der Waals surface area contributed by atoms with Crippen LogP contribution in [0, 0.1) is 5.41 Å². The van der Waals surface area contributed by atoms with E-state index in [-0.39, 0.29) is 0 Å². The summed E-state index contributed by atoms with van der Waals surface area (Å²) in [6.45, 7) is 15.0. The minimum Gasteiger partial charge on any atom is -0.372 e. The van der Waals surface area contributed by atoms with Crippen molar-refractivity contribution in [1.82, 2.24) is 4.90 Å². The van der Waals surface area contributed by atoms with Gasteiger partial charge in [0.1, 0.15) is 0 Å². The second kappa shape index (κ2) is 3.96. The van der Waals surface area contributed by atoms with Crippen molar-refractivity contribution < 1.29 is 0 Å². The Labute approximate surface area is 89.2 Å². The zero-order valence-electron chi connectivity index (χ0n) is 10.6. The Hall–Kier alpha value is -0.460. The Morgan fingerprint density at radius 2 is 1.71 bits per heavy atom. The van der Waals surface area contributed by atoms with Gasteiger partial charge in [0.05, 0.1) is 0 Å². The predicted molar refractivity (Wildman–Crippen MR) is 63.2 cm³/mol. The molecule has 0 N–H and O–H groups in total. The van der Waals surface area contributed by atoms with Crippen LogP contribution in [0.5, 0.6) is 0 Å². The fraction of sp³-hybridized carbons (Fsp3) is 0.846. The number of likely N-dealkylation sites (tertiary alicyclic amines) is 1. The van der Waals surface area contributed by atoms with E-state index in [1.54, 1.807) is 0 Å². The minimum absolute atomic E-state index is 0.410. The zero-order valence-corrected chi connectivity index (χ0v) is 10.6. The first-order chi connectivity index (χ1) is 6.34. The van der Waals surface area contributed by atoms with Crippen LogP contribution >= 0.6 is 0 Å². The molecule has 0 amide bonds. The van der Waals surface area contributed by atoms with E-state index in [1.165, 1.54) is 30.7 Å². The minimum atomic E-state index is 0.410. The summed E-state index contributed by atoms with van der Waals surface area (Å²) in [6, 6.07) is 0.734. The molecule has 1 nitrogen and oxygen atoms in total. The molecule has 1 aliphatic rings. The highest BCUT2D eigenvalue weighted by Gasteiger charge is 2.34. The second-order valence-corrected chi connectivity index (χ2v) is 5.80. The van der Waals surface area contributed by atoms with Gasteiger partial charge < -0.3 is 4.90 Å². The maximum Gasteiger partial charge on any atom is 0.0335 e. The van der Waals surface area contributed by atoms with Crippen LogP contribution < -0.4 is 0 Å². The normalized spacial score (nSPS) is 22.7.